The number of nitrogens with zero attached hydrogens (tertiary/aromatic N) is 3. The molecule has 1 aromatic carbocycles. The minimum absolute atomic E-state index is 0.0161. The second-order valence-corrected chi connectivity index (χ2v) is 6.15. The largest absolute Gasteiger partial charge is 0.417 e. The molecule has 0 aliphatic carbocycles. The zero-order chi connectivity index (χ0) is 21.2. The molecule has 0 aliphatic rings. The second kappa shape index (κ2) is 7.82. The highest BCUT2D eigenvalue weighted by atomic mass is 19.4. The van der Waals surface area contributed by atoms with Crippen LogP contribution in [0, 0.1) is 0 Å². The third kappa shape index (κ3) is 4.56. The number of halogens is 6. The summed E-state index contributed by atoms with van der Waals surface area (Å²) in [5, 5.41) is 5.76. The van der Waals surface area contributed by atoms with Crippen molar-refractivity contribution in [2.75, 3.05) is 18.9 Å². The molecular weight excluding hydrogens is 400 g/mol. The van der Waals surface area contributed by atoms with Gasteiger partial charge in [-0.2, -0.15) is 26.3 Å². The van der Waals surface area contributed by atoms with E-state index in [0.717, 1.165) is 6.07 Å². The maximum absolute atomic E-state index is 13.3. The van der Waals surface area contributed by atoms with E-state index in [2.05, 4.69) is 25.6 Å². The Morgan fingerprint density at radius 3 is 2.31 bits per heavy atom. The Balaban J connectivity index is 2.05. The van der Waals surface area contributed by atoms with Crippen molar-refractivity contribution >= 4 is 16.9 Å². The van der Waals surface area contributed by atoms with Crippen molar-refractivity contribution < 1.29 is 26.3 Å². The number of rotatable bonds is 5. The van der Waals surface area contributed by atoms with Crippen molar-refractivity contribution in [1.82, 2.24) is 20.3 Å². The second-order valence-electron chi connectivity index (χ2n) is 6.15. The number of benzene rings is 1. The van der Waals surface area contributed by atoms with Crippen LogP contribution in [-0.4, -0.2) is 28.5 Å². The van der Waals surface area contributed by atoms with E-state index < -0.39 is 29.5 Å². The van der Waals surface area contributed by atoms with Gasteiger partial charge in [0, 0.05) is 12.7 Å². The van der Waals surface area contributed by atoms with Crippen LogP contribution >= 0.6 is 0 Å². The highest BCUT2D eigenvalue weighted by Crippen LogP contribution is 2.41. The Morgan fingerprint density at radius 2 is 1.66 bits per heavy atom. The summed E-state index contributed by atoms with van der Waals surface area (Å²) < 4.78 is 78.9. The number of likely N-dealkylation sites (N-methyl/N-ethyl adjacent to an activating group) is 1. The van der Waals surface area contributed by atoms with Crippen LogP contribution in [0.3, 0.4) is 0 Å². The summed E-state index contributed by atoms with van der Waals surface area (Å²) in [5.74, 6) is 0.254. The first kappa shape index (κ1) is 20.8. The Labute approximate surface area is 161 Å². The third-order valence-electron chi connectivity index (χ3n) is 4.17. The smallest absolute Gasteiger partial charge is 0.360 e. The standard InChI is InChI=1S/C18H15F6N5/c1-25-8-14(29-16-15-13(27-9-28-16)3-2-6-26-15)10-4-5-11(17(19,20)21)12(7-10)18(22,23)24/h2-7,9,14,25H,8H2,1H3,(H,27,28,29)/t14-/m1/s1. The minimum Gasteiger partial charge on any atom is -0.360 e. The van der Waals surface area contributed by atoms with Crippen molar-refractivity contribution in [1.29, 1.82) is 0 Å². The maximum Gasteiger partial charge on any atom is 0.417 e. The van der Waals surface area contributed by atoms with Gasteiger partial charge < -0.3 is 10.6 Å². The Morgan fingerprint density at radius 1 is 0.931 bits per heavy atom. The number of aromatic nitrogens is 3. The molecule has 2 heterocycles. The van der Waals surface area contributed by atoms with Gasteiger partial charge in [-0.1, -0.05) is 6.07 Å². The zero-order valence-electron chi connectivity index (χ0n) is 14.9. The fourth-order valence-electron chi connectivity index (χ4n) is 2.88. The Bertz CT molecular complexity index is 997. The molecule has 0 fully saturated rings. The van der Waals surface area contributed by atoms with Gasteiger partial charge in [0.15, 0.2) is 5.82 Å². The van der Waals surface area contributed by atoms with Crippen molar-refractivity contribution in [2.45, 2.75) is 18.4 Å². The van der Waals surface area contributed by atoms with E-state index in [0.29, 0.717) is 23.2 Å². The molecule has 11 heteroatoms. The normalized spacial score (nSPS) is 13.5. The van der Waals surface area contributed by atoms with Crippen molar-refractivity contribution in [3.05, 3.63) is 59.5 Å². The summed E-state index contributed by atoms with van der Waals surface area (Å²) in [4.78, 5) is 12.3. The molecule has 3 aromatic rings. The Kier molecular flexibility index (Phi) is 5.60. The lowest BCUT2D eigenvalue weighted by Gasteiger charge is -2.23. The molecule has 29 heavy (non-hydrogen) atoms. The third-order valence-corrected chi connectivity index (χ3v) is 4.17. The average molecular weight is 415 g/mol. The number of hydrogen-bond acceptors (Lipinski definition) is 5. The summed E-state index contributed by atoms with van der Waals surface area (Å²) in [5.41, 5.74) is -2.56. The summed E-state index contributed by atoms with van der Waals surface area (Å²) >= 11 is 0. The van der Waals surface area contributed by atoms with Crippen LogP contribution in [0.15, 0.2) is 42.9 Å². The molecular formula is C18H15F6N5. The van der Waals surface area contributed by atoms with Crippen LogP contribution in [0.1, 0.15) is 22.7 Å². The molecule has 0 unspecified atom stereocenters. The number of pyridine rings is 1. The average Bonchev–Trinajstić information content (AvgIpc) is 2.66. The molecule has 3 rings (SSSR count). The van der Waals surface area contributed by atoms with Gasteiger partial charge in [-0.05, 0) is 36.9 Å². The highest BCUT2D eigenvalue weighted by molar-refractivity contribution is 5.84. The number of alkyl halides is 6. The monoisotopic (exact) mass is 415 g/mol. The molecule has 0 spiro atoms. The van der Waals surface area contributed by atoms with E-state index in [1.807, 2.05) is 0 Å². The molecule has 5 nitrogen and oxygen atoms in total. The van der Waals surface area contributed by atoms with Gasteiger partial charge in [0.1, 0.15) is 11.8 Å². The van der Waals surface area contributed by atoms with E-state index in [-0.39, 0.29) is 17.9 Å². The lowest BCUT2D eigenvalue weighted by atomic mass is 9.98. The van der Waals surface area contributed by atoms with Gasteiger partial charge in [-0.3, -0.25) is 4.98 Å². The van der Waals surface area contributed by atoms with E-state index in [1.54, 1.807) is 19.2 Å². The fourth-order valence-corrected chi connectivity index (χ4v) is 2.88. The van der Waals surface area contributed by atoms with Crippen LogP contribution in [-0.2, 0) is 12.4 Å². The molecule has 0 radical (unpaired) electrons. The summed E-state index contributed by atoms with van der Waals surface area (Å²) in [6.07, 6.45) is -7.52. The SMILES string of the molecule is CNC[C@@H](Nc1ncnc2cccnc12)c1ccc(C(F)(F)F)c(C(F)(F)F)c1. The van der Waals surface area contributed by atoms with Gasteiger partial charge in [0.2, 0.25) is 0 Å². The molecule has 0 aliphatic heterocycles. The predicted octanol–water partition coefficient (Wildman–Crippen LogP) is 4.44. The highest BCUT2D eigenvalue weighted by Gasteiger charge is 2.43. The Hall–Kier alpha value is -2.95. The predicted molar refractivity (Wildman–Crippen MR) is 94.1 cm³/mol. The van der Waals surface area contributed by atoms with Gasteiger partial charge in [-0.25, -0.2) is 9.97 Å². The van der Waals surface area contributed by atoms with E-state index in [4.69, 9.17) is 0 Å². The van der Waals surface area contributed by atoms with Crippen molar-refractivity contribution in [2.24, 2.45) is 0 Å². The van der Waals surface area contributed by atoms with Gasteiger partial charge in [0.05, 0.1) is 22.7 Å². The molecule has 154 valence electrons. The van der Waals surface area contributed by atoms with Gasteiger partial charge in [-0.15, -0.1) is 0 Å². The molecule has 2 aromatic heterocycles. The molecule has 0 saturated heterocycles. The van der Waals surface area contributed by atoms with Gasteiger partial charge in [0.25, 0.3) is 0 Å². The van der Waals surface area contributed by atoms with Crippen molar-refractivity contribution in [3.63, 3.8) is 0 Å². The topological polar surface area (TPSA) is 62.7 Å². The molecule has 0 bridgehead atoms. The molecule has 0 saturated carbocycles. The van der Waals surface area contributed by atoms with Crippen LogP contribution in [0.5, 0.6) is 0 Å². The molecule has 1 atom stereocenters. The first-order valence-corrected chi connectivity index (χ1v) is 8.36. The maximum atomic E-state index is 13.3. The summed E-state index contributed by atoms with van der Waals surface area (Å²) in [6.45, 7) is 0.126. The van der Waals surface area contributed by atoms with Crippen LogP contribution in [0.4, 0.5) is 32.2 Å². The minimum atomic E-state index is -5.16. The number of fused-ring (bicyclic) bond motifs is 1. The summed E-state index contributed by atoms with van der Waals surface area (Å²) in [7, 11) is 1.57. The van der Waals surface area contributed by atoms with E-state index in [1.165, 1.54) is 12.5 Å². The number of hydrogen-bond donors (Lipinski definition) is 2. The lowest BCUT2D eigenvalue weighted by Crippen LogP contribution is -2.25. The molecule has 0 amide bonds. The van der Waals surface area contributed by atoms with Crippen LogP contribution < -0.4 is 10.6 Å². The van der Waals surface area contributed by atoms with Gasteiger partial charge >= 0.3 is 12.4 Å². The first-order chi connectivity index (χ1) is 13.6. The first-order valence-electron chi connectivity index (χ1n) is 8.36. The van der Waals surface area contributed by atoms with E-state index >= 15 is 0 Å². The van der Waals surface area contributed by atoms with Crippen molar-refractivity contribution in [3.8, 4) is 0 Å². The van der Waals surface area contributed by atoms with Crippen LogP contribution in [0.2, 0.25) is 0 Å². The number of nitrogens with one attached hydrogen (secondary N) is 2. The summed E-state index contributed by atoms with van der Waals surface area (Å²) in [6, 6.07) is 4.51. The quantitative estimate of drug-likeness (QED) is 0.604. The van der Waals surface area contributed by atoms with Crippen LogP contribution in [0.25, 0.3) is 11.0 Å². The fraction of sp³-hybridized carbons (Fsp3) is 0.278. The molecule has 2 N–H and O–H groups in total. The zero-order valence-corrected chi connectivity index (χ0v) is 14.9. The lowest BCUT2D eigenvalue weighted by molar-refractivity contribution is -0.162. The van der Waals surface area contributed by atoms with E-state index in [9.17, 15) is 26.3 Å². The number of anilines is 1.